The topological polar surface area (TPSA) is 13.1 Å². The van der Waals surface area contributed by atoms with Gasteiger partial charge in [0.15, 0.2) is 0 Å². The maximum absolute atomic E-state index is 9.72. The van der Waals surface area contributed by atoms with Gasteiger partial charge in [-0.2, -0.15) is 0 Å². The Morgan fingerprint density at radius 1 is 0.388 bits per heavy atom. The van der Waals surface area contributed by atoms with Crippen molar-refractivity contribution in [2.75, 3.05) is 0 Å². The lowest BCUT2D eigenvalue weighted by molar-refractivity contribution is 0.670. The second-order valence-corrected chi connectivity index (χ2v) is 11.5. The highest BCUT2D eigenvalue weighted by atomic mass is 16.3. The smallest absolute Gasteiger partial charge is 0.143 e. The standard InChI is InChI=1S/C48H30O/c1-3-13-31(14-4-1)37-21-12-24-44-47(37)43-23-11-22-38(48(43)49-44)35-27-25-34-30-36(28-26-33(34)29-35)46-41-19-9-7-17-39(41)45(32-15-5-2-6-16-32)40-18-8-10-20-42(40)46/h1-30H/i1D,3D,4D,11D,12D,13D,14D,21D,22D,23D,24D,25D,26D,27D,28D,29D,30D. The molecule has 1 aromatic heterocycles. The van der Waals surface area contributed by atoms with Crippen molar-refractivity contribution in [2.45, 2.75) is 0 Å². The van der Waals surface area contributed by atoms with E-state index in [1.165, 1.54) is 0 Å². The maximum atomic E-state index is 9.72. The fraction of sp³-hybridized carbons (Fsp3) is 0. The number of fused-ring (bicyclic) bond motifs is 6. The summed E-state index contributed by atoms with van der Waals surface area (Å²) in [4.78, 5) is 0. The van der Waals surface area contributed by atoms with E-state index >= 15 is 0 Å². The van der Waals surface area contributed by atoms with Crippen molar-refractivity contribution in [3.8, 4) is 44.5 Å². The number of para-hydroxylation sites is 1. The first-order valence-corrected chi connectivity index (χ1v) is 15.5. The van der Waals surface area contributed by atoms with Crippen LogP contribution in [0.25, 0.3) is 98.8 Å². The van der Waals surface area contributed by atoms with E-state index in [1.54, 1.807) is 0 Å². The van der Waals surface area contributed by atoms with E-state index in [2.05, 4.69) is 0 Å². The van der Waals surface area contributed by atoms with E-state index in [9.17, 15) is 8.22 Å². The van der Waals surface area contributed by atoms with Gasteiger partial charge in [0.2, 0.25) is 0 Å². The van der Waals surface area contributed by atoms with Gasteiger partial charge >= 0.3 is 0 Å². The van der Waals surface area contributed by atoms with Crippen molar-refractivity contribution < 1.29 is 27.7 Å². The second kappa shape index (κ2) is 11.1. The first-order chi connectivity index (χ1) is 31.4. The quantitative estimate of drug-likeness (QED) is 0.175. The van der Waals surface area contributed by atoms with E-state index < -0.39 is 142 Å². The molecule has 0 bridgehead atoms. The van der Waals surface area contributed by atoms with Crippen LogP contribution in [-0.2, 0) is 0 Å². The Labute approximate surface area is 308 Å². The molecule has 1 heterocycles. The molecule has 49 heavy (non-hydrogen) atoms. The lowest BCUT2D eigenvalue weighted by atomic mass is 9.85. The molecule has 0 aliphatic heterocycles. The predicted molar refractivity (Wildman–Crippen MR) is 208 cm³/mol. The Morgan fingerprint density at radius 2 is 0.959 bits per heavy atom. The Hall–Kier alpha value is -6.44. The molecule has 0 N–H and O–H groups in total. The molecule has 228 valence electrons. The minimum Gasteiger partial charge on any atom is -0.455 e. The van der Waals surface area contributed by atoms with Crippen molar-refractivity contribution in [1.82, 2.24) is 0 Å². The zero-order chi connectivity index (χ0) is 47.1. The summed E-state index contributed by atoms with van der Waals surface area (Å²) in [5, 5.41) is 1.49. The third-order valence-corrected chi connectivity index (χ3v) is 8.74. The molecule has 0 radical (unpaired) electrons. The highest BCUT2D eigenvalue weighted by molar-refractivity contribution is 6.22. The van der Waals surface area contributed by atoms with Gasteiger partial charge in [0.25, 0.3) is 0 Å². The van der Waals surface area contributed by atoms with Crippen molar-refractivity contribution >= 4 is 54.3 Å². The Balaban J connectivity index is 1.32. The molecule has 0 aliphatic carbocycles. The Morgan fingerprint density at radius 3 is 1.65 bits per heavy atom. The van der Waals surface area contributed by atoms with E-state index in [4.69, 9.17) is 19.5 Å². The van der Waals surface area contributed by atoms with E-state index in [0.29, 0.717) is 16.3 Å². The molecule has 0 spiro atoms. The van der Waals surface area contributed by atoms with E-state index in [0.717, 1.165) is 21.9 Å². The fourth-order valence-corrected chi connectivity index (χ4v) is 6.66. The lowest BCUT2D eigenvalue weighted by Gasteiger charge is -2.18. The summed E-state index contributed by atoms with van der Waals surface area (Å²) in [5.41, 5.74) is -0.806. The van der Waals surface area contributed by atoms with Crippen LogP contribution in [0.15, 0.2) is 186 Å². The summed E-state index contributed by atoms with van der Waals surface area (Å²) in [7, 11) is 0. The molecule has 10 rings (SSSR count). The van der Waals surface area contributed by atoms with Gasteiger partial charge in [-0.3, -0.25) is 0 Å². The normalized spacial score (nSPS) is 16.5. The Bertz CT molecular complexity index is 3760. The molecule has 0 amide bonds. The van der Waals surface area contributed by atoms with Crippen LogP contribution in [0.2, 0.25) is 0 Å². The summed E-state index contributed by atoms with van der Waals surface area (Å²) >= 11 is 0. The molecule has 0 saturated heterocycles. The van der Waals surface area contributed by atoms with Crippen LogP contribution in [0.3, 0.4) is 0 Å². The van der Waals surface area contributed by atoms with Crippen molar-refractivity contribution in [2.24, 2.45) is 0 Å². The number of hydrogen-bond donors (Lipinski definition) is 0. The lowest BCUT2D eigenvalue weighted by Crippen LogP contribution is -1.90. The van der Waals surface area contributed by atoms with Crippen molar-refractivity contribution in [3.63, 3.8) is 0 Å². The molecule has 1 heteroatoms. The van der Waals surface area contributed by atoms with Gasteiger partial charge in [0.1, 0.15) is 11.2 Å². The SMILES string of the molecule is [2H]c1c([2H])c([2H])c(-c2c([2H])c([2H])c([2H])c3oc4c(-c5c([2H])c([2H])c6c([2H])c(-c7c8ccccc8c(-c8ccccc8)c8ccccc78)c([2H])c([2H])c6c5[2H])c([2H])c([2H])c([2H])c4c23)c([2H])c1[2H]. The monoisotopic (exact) mass is 639 g/mol. The molecule has 1 nitrogen and oxygen atoms in total. The van der Waals surface area contributed by atoms with Gasteiger partial charge in [-0.15, -0.1) is 0 Å². The largest absolute Gasteiger partial charge is 0.455 e. The minimum atomic E-state index is -0.799. The highest BCUT2D eigenvalue weighted by Gasteiger charge is 2.18. The van der Waals surface area contributed by atoms with Gasteiger partial charge in [-0.05, 0) is 89.4 Å². The second-order valence-electron chi connectivity index (χ2n) is 11.5. The zero-order valence-electron chi connectivity index (χ0n) is 42.4. The maximum Gasteiger partial charge on any atom is 0.143 e. The van der Waals surface area contributed by atoms with Crippen LogP contribution in [0.4, 0.5) is 0 Å². The van der Waals surface area contributed by atoms with Crippen LogP contribution in [-0.4, -0.2) is 0 Å². The summed E-state index contributed by atoms with van der Waals surface area (Å²) in [6, 6.07) is 12.9. The first kappa shape index (κ1) is 15.6. The average Bonchev–Trinajstić information content (AvgIpc) is 3.71. The van der Waals surface area contributed by atoms with Crippen molar-refractivity contribution in [1.29, 1.82) is 0 Å². The molecule has 0 atom stereocenters. The van der Waals surface area contributed by atoms with Gasteiger partial charge in [-0.1, -0.05) is 163 Å². The number of furan rings is 1. The van der Waals surface area contributed by atoms with Gasteiger partial charge < -0.3 is 4.42 Å². The van der Waals surface area contributed by atoms with E-state index in [1.807, 2.05) is 78.9 Å². The molecule has 10 aromatic rings. The minimum absolute atomic E-state index is 0.00651. The summed E-state index contributed by atoms with van der Waals surface area (Å²) < 4.78 is 159. The third-order valence-electron chi connectivity index (χ3n) is 8.74. The first-order valence-electron chi connectivity index (χ1n) is 24.0. The van der Waals surface area contributed by atoms with Crippen LogP contribution in [0.5, 0.6) is 0 Å². The van der Waals surface area contributed by atoms with Gasteiger partial charge in [-0.25, -0.2) is 0 Å². The van der Waals surface area contributed by atoms with E-state index in [-0.39, 0.29) is 21.7 Å². The van der Waals surface area contributed by atoms with Crippen LogP contribution in [0, 0.1) is 0 Å². The summed E-state index contributed by atoms with van der Waals surface area (Å²) in [5.74, 6) is 0. The van der Waals surface area contributed by atoms with Crippen molar-refractivity contribution in [3.05, 3.63) is 182 Å². The zero-order valence-corrected chi connectivity index (χ0v) is 25.4. The third kappa shape index (κ3) is 4.40. The average molecular weight is 640 g/mol. The molecule has 0 saturated carbocycles. The highest BCUT2D eigenvalue weighted by Crippen LogP contribution is 2.45. The van der Waals surface area contributed by atoms with Crippen LogP contribution < -0.4 is 0 Å². The Kier molecular flexibility index (Phi) is 3.54. The number of hydrogen-bond acceptors (Lipinski definition) is 1. The molecule has 0 aliphatic rings. The molecular weight excluding hydrogens is 593 g/mol. The van der Waals surface area contributed by atoms with Crippen LogP contribution in [0.1, 0.15) is 23.3 Å². The molecular formula is C48H30O. The summed E-state index contributed by atoms with van der Waals surface area (Å²) in [6.07, 6.45) is 0. The summed E-state index contributed by atoms with van der Waals surface area (Å²) in [6.45, 7) is 0. The van der Waals surface area contributed by atoms with Crippen LogP contribution >= 0.6 is 0 Å². The molecule has 9 aromatic carbocycles. The number of benzene rings is 9. The van der Waals surface area contributed by atoms with Gasteiger partial charge in [0, 0.05) is 16.3 Å². The fourth-order valence-electron chi connectivity index (χ4n) is 6.66. The van der Waals surface area contributed by atoms with Gasteiger partial charge in [0.05, 0.1) is 23.3 Å². The number of rotatable bonds is 4. The molecule has 0 unspecified atom stereocenters. The predicted octanol–water partition coefficient (Wildman–Crippen LogP) is 13.7. The molecule has 0 fully saturated rings.